The van der Waals surface area contributed by atoms with Gasteiger partial charge in [-0.15, -0.1) is 0 Å². The Labute approximate surface area is 187 Å². The molecule has 7 nitrogen and oxygen atoms in total. The van der Waals surface area contributed by atoms with Gasteiger partial charge in [0.1, 0.15) is 4.90 Å². The molecule has 9 heteroatoms. The lowest BCUT2D eigenvalue weighted by Gasteiger charge is -2.30. The van der Waals surface area contributed by atoms with Crippen molar-refractivity contribution in [3.8, 4) is 11.5 Å². The Bertz CT molecular complexity index is 1090. The van der Waals surface area contributed by atoms with Crippen LogP contribution in [0.4, 0.5) is 5.69 Å². The van der Waals surface area contributed by atoms with Crippen molar-refractivity contribution in [2.75, 3.05) is 31.6 Å². The highest BCUT2D eigenvalue weighted by molar-refractivity contribution is 7.89. The van der Waals surface area contributed by atoms with Crippen LogP contribution >= 0.6 is 11.6 Å². The number of rotatable bonds is 4. The van der Waals surface area contributed by atoms with Gasteiger partial charge in [0.05, 0.1) is 18.2 Å². The molecule has 0 spiro atoms. The van der Waals surface area contributed by atoms with Crippen LogP contribution < -0.4 is 14.8 Å². The number of sulfonamides is 1. The highest BCUT2D eigenvalue weighted by atomic mass is 35.5. The van der Waals surface area contributed by atoms with E-state index in [9.17, 15) is 13.2 Å². The van der Waals surface area contributed by atoms with Crippen molar-refractivity contribution >= 4 is 33.2 Å². The first-order valence-corrected chi connectivity index (χ1v) is 12.2. The van der Waals surface area contributed by atoms with E-state index in [0.29, 0.717) is 43.5 Å². The monoisotopic (exact) mass is 464 g/mol. The van der Waals surface area contributed by atoms with Crippen LogP contribution in [0.5, 0.6) is 11.5 Å². The van der Waals surface area contributed by atoms with Gasteiger partial charge in [-0.3, -0.25) is 4.79 Å². The summed E-state index contributed by atoms with van der Waals surface area (Å²) in [5.41, 5.74) is 0.735. The van der Waals surface area contributed by atoms with E-state index in [4.69, 9.17) is 21.1 Å². The van der Waals surface area contributed by atoms with E-state index in [1.165, 1.54) is 22.5 Å². The summed E-state index contributed by atoms with van der Waals surface area (Å²) in [6.45, 7) is 4.06. The smallest absolute Gasteiger partial charge is 0.255 e. The number of piperidine rings is 1. The van der Waals surface area contributed by atoms with E-state index >= 15 is 0 Å². The quantitative estimate of drug-likeness (QED) is 0.733. The van der Waals surface area contributed by atoms with E-state index in [2.05, 4.69) is 5.32 Å². The second kappa shape index (κ2) is 9.06. The summed E-state index contributed by atoms with van der Waals surface area (Å²) in [7, 11) is -3.79. The molecule has 0 radical (unpaired) electrons. The Balaban J connectivity index is 1.56. The molecule has 1 N–H and O–H groups in total. The molecule has 166 valence electrons. The number of carbonyl (C=O) groups is 1. The van der Waals surface area contributed by atoms with Crippen molar-refractivity contribution in [2.24, 2.45) is 5.92 Å². The maximum Gasteiger partial charge on any atom is 0.255 e. The SMILES string of the molecule is C[C@H]1CCCN(S(=O)(=O)c2cc(C(=O)Nc3ccc4c(c3)OCCCO4)ccc2Cl)C1. The highest BCUT2D eigenvalue weighted by Crippen LogP contribution is 2.33. The largest absolute Gasteiger partial charge is 0.490 e. The molecule has 2 aliphatic heterocycles. The highest BCUT2D eigenvalue weighted by Gasteiger charge is 2.31. The van der Waals surface area contributed by atoms with E-state index < -0.39 is 15.9 Å². The van der Waals surface area contributed by atoms with Crippen molar-refractivity contribution in [3.63, 3.8) is 0 Å². The predicted molar refractivity (Wildman–Crippen MR) is 119 cm³/mol. The second-order valence-electron chi connectivity index (χ2n) is 7.92. The molecule has 0 bridgehead atoms. The molecule has 1 atom stereocenters. The normalized spacial score (nSPS) is 19.5. The van der Waals surface area contributed by atoms with Crippen LogP contribution in [0.1, 0.15) is 36.5 Å². The van der Waals surface area contributed by atoms with Gasteiger partial charge in [-0.25, -0.2) is 8.42 Å². The minimum Gasteiger partial charge on any atom is -0.490 e. The first kappa shape index (κ1) is 21.9. The van der Waals surface area contributed by atoms with E-state index in [-0.39, 0.29) is 21.4 Å². The third kappa shape index (κ3) is 4.81. The van der Waals surface area contributed by atoms with Gasteiger partial charge in [-0.05, 0) is 49.1 Å². The maximum atomic E-state index is 13.2. The fourth-order valence-electron chi connectivity index (χ4n) is 3.79. The predicted octanol–water partition coefficient (Wildman–Crippen LogP) is 4.17. The summed E-state index contributed by atoms with van der Waals surface area (Å²) in [4.78, 5) is 12.8. The zero-order chi connectivity index (χ0) is 22.0. The number of nitrogens with zero attached hydrogens (tertiary/aromatic N) is 1. The molecule has 2 aromatic carbocycles. The van der Waals surface area contributed by atoms with Crippen molar-refractivity contribution in [1.82, 2.24) is 4.31 Å². The van der Waals surface area contributed by atoms with Crippen LogP contribution in [0.25, 0.3) is 0 Å². The van der Waals surface area contributed by atoms with Gasteiger partial charge in [0, 0.05) is 36.8 Å². The zero-order valence-corrected chi connectivity index (χ0v) is 18.8. The molecule has 0 aliphatic carbocycles. The Morgan fingerprint density at radius 3 is 2.65 bits per heavy atom. The summed E-state index contributed by atoms with van der Waals surface area (Å²) in [5.74, 6) is 1.04. The number of hydrogen-bond acceptors (Lipinski definition) is 5. The lowest BCUT2D eigenvalue weighted by atomic mass is 10.0. The molecular formula is C22H25ClN2O5S. The Hall–Kier alpha value is -2.29. The summed E-state index contributed by atoms with van der Waals surface area (Å²) in [6, 6.07) is 9.46. The molecular weight excluding hydrogens is 440 g/mol. The number of amides is 1. The van der Waals surface area contributed by atoms with Gasteiger partial charge in [0.15, 0.2) is 11.5 Å². The Kier molecular flexibility index (Phi) is 6.41. The summed E-state index contributed by atoms with van der Waals surface area (Å²) >= 11 is 6.23. The Morgan fingerprint density at radius 2 is 1.87 bits per heavy atom. The maximum absolute atomic E-state index is 13.2. The first-order valence-electron chi connectivity index (χ1n) is 10.4. The lowest BCUT2D eigenvalue weighted by molar-refractivity contribution is 0.102. The number of fused-ring (bicyclic) bond motifs is 1. The third-order valence-corrected chi connectivity index (χ3v) is 7.78. The number of carbonyl (C=O) groups excluding carboxylic acids is 1. The van der Waals surface area contributed by atoms with Gasteiger partial charge < -0.3 is 14.8 Å². The molecule has 0 aromatic heterocycles. The van der Waals surface area contributed by atoms with Crippen LogP contribution in [-0.2, 0) is 10.0 Å². The van der Waals surface area contributed by atoms with E-state index in [0.717, 1.165) is 19.3 Å². The lowest BCUT2D eigenvalue weighted by Crippen LogP contribution is -2.39. The number of benzene rings is 2. The second-order valence-corrected chi connectivity index (χ2v) is 10.2. The molecule has 1 saturated heterocycles. The van der Waals surface area contributed by atoms with Gasteiger partial charge in [-0.1, -0.05) is 18.5 Å². The average Bonchev–Trinajstić information content (AvgIpc) is 2.99. The molecule has 2 aromatic rings. The van der Waals surface area contributed by atoms with Crippen LogP contribution in [0.15, 0.2) is 41.3 Å². The van der Waals surface area contributed by atoms with Gasteiger partial charge in [0.2, 0.25) is 10.0 Å². The molecule has 2 heterocycles. The molecule has 0 saturated carbocycles. The van der Waals surface area contributed by atoms with Crippen molar-refractivity contribution < 1.29 is 22.7 Å². The number of halogens is 1. The van der Waals surface area contributed by atoms with Crippen LogP contribution in [0.3, 0.4) is 0 Å². The third-order valence-electron chi connectivity index (χ3n) is 5.44. The Morgan fingerprint density at radius 1 is 1.10 bits per heavy atom. The minimum absolute atomic E-state index is 0.0467. The van der Waals surface area contributed by atoms with Crippen molar-refractivity contribution in [1.29, 1.82) is 0 Å². The minimum atomic E-state index is -3.79. The van der Waals surface area contributed by atoms with Crippen LogP contribution in [0.2, 0.25) is 5.02 Å². The summed E-state index contributed by atoms with van der Waals surface area (Å²) in [6.07, 6.45) is 2.59. The molecule has 1 amide bonds. The van der Waals surface area contributed by atoms with Gasteiger partial charge in [0.25, 0.3) is 5.91 Å². The van der Waals surface area contributed by atoms with Gasteiger partial charge in [-0.2, -0.15) is 4.31 Å². The number of nitrogens with one attached hydrogen (secondary N) is 1. The van der Waals surface area contributed by atoms with Crippen LogP contribution in [0, 0.1) is 5.92 Å². The van der Waals surface area contributed by atoms with Crippen molar-refractivity contribution in [2.45, 2.75) is 31.1 Å². The molecule has 31 heavy (non-hydrogen) atoms. The number of hydrogen-bond donors (Lipinski definition) is 1. The fraction of sp³-hybridized carbons (Fsp3) is 0.409. The summed E-state index contributed by atoms with van der Waals surface area (Å²) in [5, 5.41) is 2.89. The molecule has 0 unspecified atom stereocenters. The number of ether oxygens (including phenoxy) is 2. The first-order chi connectivity index (χ1) is 14.8. The standard InChI is InChI=1S/C22H25ClN2O5S/c1-15-4-2-9-25(14-15)31(27,28)21-12-16(5-7-18(21)23)22(26)24-17-6-8-19-20(13-17)30-11-3-10-29-19/h5-8,12-13,15H,2-4,9-11,14H2,1H3,(H,24,26)/t15-/m0/s1. The van der Waals surface area contributed by atoms with Crippen LogP contribution in [-0.4, -0.2) is 44.9 Å². The molecule has 1 fully saturated rings. The fourth-order valence-corrected chi connectivity index (χ4v) is 5.89. The molecule has 2 aliphatic rings. The van der Waals surface area contributed by atoms with E-state index in [1.54, 1.807) is 18.2 Å². The van der Waals surface area contributed by atoms with Crippen molar-refractivity contribution in [3.05, 3.63) is 47.0 Å². The van der Waals surface area contributed by atoms with E-state index in [1.807, 2.05) is 6.92 Å². The van der Waals surface area contributed by atoms with Gasteiger partial charge >= 0.3 is 0 Å². The number of anilines is 1. The topological polar surface area (TPSA) is 84.9 Å². The average molecular weight is 465 g/mol. The zero-order valence-electron chi connectivity index (χ0n) is 17.3. The summed E-state index contributed by atoms with van der Waals surface area (Å²) < 4.78 is 39.0. The molecule has 4 rings (SSSR count).